The Bertz CT molecular complexity index is 760. The summed E-state index contributed by atoms with van der Waals surface area (Å²) in [6, 6.07) is 4.59. The van der Waals surface area contributed by atoms with Crippen molar-refractivity contribution in [3.05, 3.63) is 46.7 Å². The maximum Gasteiger partial charge on any atom is 0.335 e. The van der Waals surface area contributed by atoms with Gasteiger partial charge in [0.25, 0.3) is 5.91 Å². The number of nitrogens with one attached hydrogen (secondary N) is 1. The number of carbonyl (C=O) groups is 2. The molecule has 1 aromatic heterocycles. The molecule has 0 atom stereocenters. The van der Waals surface area contributed by atoms with Crippen LogP contribution in [-0.4, -0.2) is 22.0 Å². The number of carbonyl (C=O) groups excluding carboxylic acids is 1. The van der Waals surface area contributed by atoms with Gasteiger partial charge < -0.3 is 14.8 Å². The molecule has 1 amide bonds. The second-order valence-corrected chi connectivity index (χ2v) is 5.53. The highest BCUT2D eigenvalue weighted by molar-refractivity contribution is 6.04. The summed E-state index contributed by atoms with van der Waals surface area (Å²) in [4.78, 5) is 27.6. The fraction of sp³-hybridized carbons (Fsp3) is 0.312. The fourth-order valence-electron chi connectivity index (χ4n) is 2.20. The Balaban J connectivity index is 1.84. The molecule has 0 aliphatic heterocycles. The number of anilines is 1. The van der Waals surface area contributed by atoms with E-state index < -0.39 is 11.9 Å². The fourth-order valence-corrected chi connectivity index (χ4v) is 2.20. The van der Waals surface area contributed by atoms with Crippen LogP contribution >= 0.6 is 0 Å². The van der Waals surface area contributed by atoms with Crippen LogP contribution in [0.4, 0.5) is 5.69 Å². The van der Waals surface area contributed by atoms with Crippen LogP contribution in [0, 0.1) is 13.8 Å². The number of aromatic nitrogens is 1. The molecule has 6 heteroatoms. The minimum Gasteiger partial charge on any atom is -0.478 e. The van der Waals surface area contributed by atoms with Gasteiger partial charge in [0.2, 0.25) is 5.76 Å². The number of amides is 1. The van der Waals surface area contributed by atoms with Crippen LogP contribution in [-0.2, 0) is 0 Å². The molecular weight excluding hydrogens is 284 g/mol. The molecule has 1 aliphatic carbocycles. The average molecular weight is 300 g/mol. The van der Waals surface area contributed by atoms with E-state index in [1.165, 1.54) is 12.1 Å². The molecule has 1 aliphatic rings. The number of benzene rings is 1. The molecule has 2 aromatic rings. The van der Waals surface area contributed by atoms with Gasteiger partial charge in [-0.15, -0.1) is 0 Å². The van der Waals surface area contributed by atoms with Crippen LogP contribution in [0.5, 0.6) is 0 Å². The smallest absolute Gasteiger partial charge is 0.335 e. The van der Waals surface area contributed by atoms with Gasteiger partial charge in [-0.05, 0) is 44.4 Å². The van der Waals surface area contributed by atoms with Gasteiger partial charge in [-0.1, -0.05) is 6.07 Å². The van der Waals surface area contributed by atoms with Crippen molar-refractivity contribution in [1.29, 1.82) is 0 Å². The topological polar surface area (TPSA) is 92.4 Å². The molecule has 0 bridgehead atoms. The minimum atomic E-state index is -1.04. The monoisotopic (exact) mass is 300 g/mol. The van der Waals surface area contributed by atoms with Gasteiger partial charge >= 0.3 is 5.97 Å². The first-order chi connectivity index (χ1) is 10.5. The summed E-state index contributed by atoms with van der Waals surface area (Å²) < 4.78 is 5.55. The summed E-state index contributed by atoms with van der Waals surface area (Å²) in [5.74, 6) is -0.331. The molecule has 6 nitrogen and oxygen atoms in total. The summed E-state index contributed by atoms with van der Waals surface area (Å²) in [5, 5.41) is 11.7. The molecule has 0 spiro atoms. The van der Waals surface area contributed by atoms with E-state index >= 15 is 0 Å². The lowest BCUT2D eigenvalue weighted by Gasteiger charge is -2.08. The highest BCUT2D eigenvalue weighted by Gasteiger charge is 2.31. The van der Waals surface area contributed by atoms with Crippen molar-refractivity contribution in [2.24, 2.45) is 0 Å². The Morgan fingerprint density at radius 2 is 2.05 bits per heavy atom. The first-order valence-electron chi connectivity index (χ1n) is 7.08. The molecule has 0 unspecified atom stereocenters. The standard InChI is InChI=1S/C16H16N2O4/c1-8-3-4-11(16(20)21)7-12(8)18-14(19)13-9(2)17-15(22-13)10-5-6-10/h3-4,7,10H,5-6H2,1-2H3,(H,18,19)(H,20,21). The number of oxazole rings is 1. The molecule has 1 fully saturated rings. The van der Waals surface area contributed by atoms with Gasteiger partial charge in [-0.3, -0.25) is 4.79 Å². The first-order valence-corrected chi connectivity index (χ1v) is 7.08. The van der Waals surface area contributed by atoms with Crippen LogP contribution < -0.4 is 5.32 Å². The molecular formula is C16H16N2O4. The van der Waals surface area contributed by atoms with Gasteiger partial charge in [0.05, 0.1) is 11.3 Å². The molecule has 0 radical (unpaired) electrons. The number of carboxylic acids is 1. The number of hydrogen-bond donors (Lipinski definition) is 2. The third kappa shape index (κ3) is 2.72. The Morgan fingerprint density at radius 3 is 2.68 bits per heavy atom. The van der Waals surface area contributed by atoms with Crippen molar-refractivity contribution >= 4 is 17.6 Å². The number of nitrogens with zero attached hydrogens (tertiary/aromatic N) is 1. The van der Waals surface area contributed by atoms with Crippen molar-refractivity contribution < 1.29 is 19.1 Å². The molecule has 3 rings (SSSR count). The lowest BCUT2D eigenvalue weighted by Crippen LogP contribution is -2.14. The van der Waals surface area contributed by atoms with E-state index in [9.17, 15) is 9.59 Å². The van der Waals surface area contributed by atoms with Crippen LogP contribution in [0.2, 0.25) is 0 Å². The number of rotatable bonds is 4. The molecule has 0 saturated heterocycles. The Hall–Kier alpha value is -2.63. The van der Waals surface area contributed by atoms with Crippen LogP contribution in [0.3, 0.4) is 0 Å². The quantitative estimate of drug-likeness (QED) is 0.905. The zero-order chi connectivity index (χ0) is 15.9. The van der Waals surface area contributed by atoms with Crippen molar-refractivity contribution in [2.75, 3.05) is 5.32 Å². The number of aromatic carboxylic acids is 1. The Kier molecular flexibility index (Phi) is 3.44. The van der Waals surface area contributed by atoms with Crippen molar-refractivity contribution in [2.45, 2.75) is 32.6 Å². The summed E-state index contributed by atoms with van der Waals surface area (Å²) in [5.41, 5.74) is 1.90. The largest absolute Gasteiger partial charge is 0.478 e. The maximum atomic E-state index is 12.3. The predicted molar refractivity (Wildman–Crippen MR) is 79.3 cm³/mol. The van der Waals surface area contributed by atoms with Gasteiger partial charge in [0, 0.05) is 11.6 Å². The predicted octanol–water partition coefficient (Wildman–Crippen LogP) is 3.12. The SMILES string of the molecule is Cc1ccc(C(=O)O)cc1NC(=O)c1oc(C2CC2)nc1C. The summed E-state index contributed by atoms with van der Waals surface area (Å²) in [7, 11) is 0. The van der Waals surface area contributed by atoms with Crippen LogP contribution in [0.25, 0.3) is 0 Å². The molecule has 22 heavy (non-hydrogen) atoms. The summed E-state index contributed by atoms with van der Waals surface area (Å²) in [6.45, 7) is 3.52. The minimum absolute atomic E-state index is 0.119. The first kappa shape index (κ1) is 14.3. The van der Waals surface area contributed by atoms with Crippen LogP contribution in [0.1, 0.15) is 56.8 Å². The summed E-state index contributed by atoms with van der Waals surface area (Å²) >= 11 is 0. The van der Waals surface area contributed by atoms with Crippen LogP contribution in [0.15, 0.2) is 22.6 Å². The highest BCUT2D eigenvalue weighted by atomic mass is 16.4. The van der Waals surface area contributed by atoms with E-state index in [2.05, 4.69) is 10.3 Å². The second kappa shape index (κ2) is 5.29. The summed E-state index contributed by atoms with van der Waals surface area (Å²) in [6.07, 6.45) is 2.08. The molecule has 2 N–H and O–H groups in total. The van der Waals surface area contributed by atoms with Gasteiger partial charge in [0.1, 0.15) is 0 Å². The maximum absolute atomic E-state index is 12.3. The number of hydrogen-bond acceptors (Lipinski definition) is 4. The van der Waals surface area contributed by atoms with Crippen molar-refractivity contribution in [3.8, 4) is 0 Å². The highest BCUT2D eigenvalue weighted by Crippen LogP contribution is 2.40. The Morgan fingerprint density at radius 1 is 1.32 bits per heavy atom. The van der Waals surface area contributed by atoms with E-state index in [-0.39, 0.29) is 11.3 Å². The van der Waals surface area contributed by atoms with E-state index in [0.717, 1.165) is 18.4 Å². The molecule has 1 heterocycles. The van der Waals surface area contributed by atoms with E-state index in [0.29, 0.717) is 23.2 Å². The lowest BCUT2D eigenvalue weighted by molar-refractivity contribution is 0.0696. The normalized spacial score (nSPS) is 13.9. The second-order valence-electron chi connectivity index (χ2n) is 5.53. The molecule has 1 aromatic carbocycles. The molecule has 1 saturated carbocycles. The number of aryl methyl sites for hydroxylation is 2. The zero-order valence-corrected chi connectivity index (χ0v) is 12.3. The van der Waals surface area contributed by atoms with Gasteiger partial charge in [-0.25, -0.2) is 9.78 Å². The number of carboxylic acid groups (broad SMARTS) is 1. The van der Waals surface area contributed by atoms with Crippen molar-refractivity contribution in [3.63, 3.8) is 0 Å². The zero-order valence-electron chi connectivity index (χ0n) is 12.3. The van der Waals surface area contributed by atoms with Crippen molar-refractivity contribution in [1.82, 2.24) is 4.98 Å². The van der Waals surface area contributed by atoms with Gasteiger partial charge in [0.15, 0.2) is 5.89 Å². The van der Waals surface area contributed by atoms with Gasteiger partial charge in [-0.2, -0.15) is 0 Å². The van der Waals surface area contributed by atoms with E-state index in [1.54, 1.807) is 19.9 Å². The van der Waals surface area contributed by atoms with E-state index in [4.69, 9.17) is 9.52 Å². The third-order valence-electron chi connectivity index (χ3n) is 3.68. The van der Waals surface area contributed by atoms with E-state index in [1.807, 2.05) is 0 Å². The molecule has 114 valence electrons. The Labute approximate surface area is 127 Å². The lowest BCUT2D eigenvalue weighted by atomic mass is 10.1. The third-order valence-corrected chi connectivity index (χ3v) is 3.68. The average Bonchev–Trinajstić information content (AvgIpc) is 3.24.